The molecule has 11 heteroatoms. The van der Waals surface area contributed by atoms with Crippen molar-refractivity contribution in [3.8, 4) is 17.2 Å². The number of benzene rings is 2. The summed E-state index contributed by atoms with van der Waals surface area (Å²) in [5.41, 5.74) is -4.44. The van der Waals surface area contributed by atoms with Crippen molar-refractivity contribution in [1.82, 2.24) is 5.32 Å². The number of halogens is 3. The lowest BCUT2D eigenvalue weighted by atomic mass is 9.72. The molecule has 0 bridgehead atoms. The average Bonchev–Trinajstić information content (AvgIpc) is 3.10. The van der Waals surface area contributed by atoms with Crippen LogP contribution in [0.1, 0.15) is 42.6 Å². The molecule has 4 rings (SSSR count). The highest BCUT2D eigenvalue weighted by Gasteiger charge is 2.72. The summed E-state index contributed by atoms with van der Waals surface area (Å²) in [5, 5.41) is 1.92. The molecule has 0 radical (unpaired) electrons. The Morgan fingerprint density at radius 1 is 0.949 bits per heavy atom. The predicted octanol–water partition coefficient (Wildman–Crippen LogP) is 4.74. The van der Waals surface area contributed by atoms with E-state index in [4.69, 9.17) is 14.2 Å². The van der Waals surface area contributed by atoms with Crippen molar-refractivity contribution in [1.29, 1.82) is 0 Å². The summed E-state index contributed by atoms with van der Waals surface area (Å²) in [6.07, 6.45) is -5.55. The van der Waals surface area contributed by atoms with Gasteiger partial charge in [0.25, 0.3) is 11.8 Å². The molecule has 1 N–H and O–H groups in total. The van der Waals surface area contributed by atoms with Crippen molar-refractivity contribution >= 4 is 23.3 Å². The van der Waals surface area contributed by atoms with Crippen molar-refractivity contribution in [2.24, 2.45) is 5.41 Å². The number of hydrogen-bond donors (Lipinski definition) is 1. The third-order valence-electron chi connectivity index (χ3n) is 6.97. The average molecular weight is 547 g/mol. The van der Waals surface area contributed by atoms with Crippen LogP contribution in [0.4, 0.5) is 18.9 Å². The first-order valence-corrected chi connectivity index (χ1v) is 12.1. The van der Waals surface area contributed by atoms with Crippen LogP contribution < -0.4 is 24.4 Å². The second kappa shape index (κ2) is 9.62. The van der Waals surface area contributed by atoms with Gasteiger partial charge in [-0.2, -0.15) is 13.2 Å². The van der Waals surface area contributed by atoms with E-state index >= 15 is 13.2 Å². The van der Waals surface area contributed by atoms with E-state index in [-0.39, 0.29) is 47.0 Å². The Balaban J connectivity index is 1.92. The van der Waals surface area contributed by atoms with Crippen LogP contribution >= 0.6 is 0 Å². The van der Waals surface area contributed by atoms with E-state index < -0.39 is 40.3 Å². The number of nitrogens with one attached hydrogen (secondary N) is 1. The Kier molecular flexibility index (Phi) is 6.91. The van der Waals surface area contributed by atoms with Gasteiger partial charge in [-0.3, -0.25) is 19.3 Å². The molecule has 2 aliphatic rings. The van der Waals surface area contributed by atoms with Crippen molar-refractivity contribution in [2.45, 2.75) is 45.3 Å². The first kappa shape index (κ1) is 28.0. The maximum absolute atomic E-state index is 15.1. The molecule has 0 saturated carbocycles. The number of methoxy groups -OCH3 is 3. The maximum Gasteiger partial charge on any atom is 0.425 e. The van der Waals surface area contributed by atoms with Gasteiger partial charge in [0.05, 0.1) is 26.9 Å². The van der Waals surface area contributed by atoms with E-state index in [0.717, 1.165) is 10.5 Å². The standard InChI is InChI=1S/C28H29F3N2O6/c1-15-7-9-17(10-8-15)33-18-13-26(2,3)14-19(34)22(18)27(25(33)36,28(29,30)31)32-24(35)16-11-20(37-4)23(39-6)21(12-16)38-5/h7-12H,13-14H2,1-6H3,(H,32,35). The zero-order chi connectivity index (χ0) is 28.9. The van der Waals surface area contributed by atoms with Crippen LogP contribution in [-0.4, -0.2) is 50.6 Å². The molecular formula is C28H29F3N2O6. The van der Waals surface area contributed by atoms with E-state index in [0.29, 0.717) is 0 Å². The lowest BCUT2D eigenvalue weighted by molar-refractivity contribution is -0.186. The number of ketones is 1. The molecule has 2 amide bonds. The number of aryl methyl sites for hydroxylation is 1. The van der Waals surface area contributed by atoms with Crippen LogP contribution in [0, 0.1) is 12.3 Å². The molecule has 2 aromatic carbocycles. The van der Waals surface area contributed by atoms with Crippen LogP contribution in [0.25, 0.3) is 0 Å². The first-order chi connectivity index (χ1) is 18.2. The molecule has 1 unspecified atom stereocenters. The molecular weight excluding hydrogens is 517 g/mol. The second-order valence-electron chi connectivity index (χ2n) is 10.4. The minimum atomic E-state index is -5.35. The van der Waals surface area contributed by atoms with Gasteiger partial charge >= 0.3 is 6.18 Å². The van der Waals surface area contributed by atoms with Gasteiger partial charge in [0.15, 0.2) is 17.3 Å². The fourth-order valence-corrected chi connectivity index (χ4v) is 5.17. The smallest absolute Gasteiger partial charge is 0.425 e. The number of ether oxygens (including phenoxy) is 3. The third-order valence-corrected chi connectivity index (χ3v) is 6.97. The van der Waals surface area contributed by atoms with Gasteiger partial charge in [-0.05, 0) is 43.0 Å². The van der Waals surface area contributed by atoms with E-state index in [2.05, 4.69) is 0 Å². The molecule has 0 aromatic heterocycles. The molecule has 39 heavy (non-hydrogen) atoms. The van der Waals surface area contributed by atoms with E-state index in [9.17, 15) is 14.4 Å². The van der Waals surface area contributed by atoms with Crippen molar-refractivity contribution in [2.75, 3.05) is 26.2 Å². The van der Waals surface area contributed by atoms with Gasteiger partial charge in [-0.25, -0.2) is 0 Å². The Morgan fingerprint density at radius 3 is 2.00 bits per heavy atom. The van der Waals surface area contributed by atoms with Crippen LogP contribution in [0.3, 0.4) is 0 Å². The summed E-state index contributed by atoms with van der Waals surface area (Å²) in [5.74, 6) is -3.41. The van der Waals surface area contributed by atoms with Crippen LogP contribution in [0.5, 0.6) is 17.2 Å². The highest BCUT2D eigenvalue weighted by atomic mass is 19.4. The van der Waals surface area contributed by atoms with Crippen LogP contribution in [0.15, 0.2) is 47.7 Å². The highest BCUT2D eigenvalue weighted by Crippen LogP contribution is 2.53. The number of hydrogen-bond acceptors (Lipinski definition) is 6. The molecule has 1 aliphatic heterocycles. The quantitative estimate of drug-likeness (QED) is 0.563. The zero-order valence-electron chi connectivity index (χ0n) is 22.4. The third kappa shape index (κ3) is 4.49. The lowest BCUT2D eigenvalue weighted by Gasteiger charge is -2.35. The van der Waals surface area contributed by atoms with Gasteiger partial charge in [0.1, 0.15) is 0 Å². The summed E-state index contributed by atoms with van der Waals surface area (Å²) in [6.45, 7) is 5.29. The number of anilines is 1. The minimum absolute atomic E-state index is 0.0194. The highest BCUT2D eigenvalue weighted by molar-refractivity contribution is 6.21. The molecule has 8 nitrogen and oxygen atoms in total. The molecule has 1 heterocycles. The van der Waals surface area contributed by atoms with Gasteiger partial charge < -0.3 is 19.5 Å². The minimum Gasteiger partial charge on any atom is -0.493 e. The fraction of sp³-hybridized carbons (Fsp3) is 0.393. The summed E-state index contributed by atoms with van der Waals surface area (Å²) in [7, 11) is 3.91. The lowest BCUT2D eigenvalue weighted by Crippen LogP contribution is -2.66. The van der Waals surface area contributed by atoms with Crippen molar-refractivity contribution in [3.63, 3.8) is 0 Å². The first-order valence-electron chi connectivity index (χ1n) is 12.1. The molecule has 1 aliphatic carbocycles. The molecule has 0 saturated heterocycles. The number of carbonyl (C=O) groups is 3. The summed E-state index contributed by atoms with van der Waals surface area (Å²) >= 11 is 0. The number of alkyl halides is 3. The molecule has 0 spiro atoms. The maximum atomic E-state index is 15.1. The number of amides is 2. The topological polar surface area (TPSA) is 94.2 Å². The monoisotopic (exact) mass is 546 g/mol. The number of carbonyl (C=O) groups excluding carboxylic acids is 3. The number of Topliss-reactive ketones (excluding diaryl/α,β-unsaturated/α-hetero) is 1. The predicted molar refractivity (Wildman–Crippen MR) is 136 cm³/mol. The Bertz CT molecular complexity index is 1360. The largest absolute Gasteiger partial charge is 0.493 e. The van der Waals surface area contributed by atoms with Crippen LogP contribution in [0.2, 0.25) is 0 Å². The van der Waals surface area contributed by atoms with Crippen LogP contribution in [-0.2, 0) is 9.59 Å². The molecule has 1 atom stereocenters. The van der Waals surface area contributed by atoms with Gasteiger partial charge in [-0.1, -0.05) is 31.5 Å². The molecule has 0 fully saturated rings. The van der Waals surface area contributed by atoms with Crippen molar-refractivity contribution < 1.29 is 41.8 Å². The normalized spacial score (nSPS) is 20.6. The summed E-state index contributed by atoms with van der Waals surface area (Å²) < 4.78 is 61.0. The SMILES string of the molecule is COc1cc(C(=O)NC2(C(F)(F)F)C(=O)N(c3ccc(C)cc3)C3=C2C(=O)CC(C)(C)C3)cc(OC)c1OC. The Morgan fingerprint density at radius 2 is 1.51 bits per heavy atom. The Hall–Kier alpha value is -4.02. The molecule has 2 aromatic rings. The number of nitrogens with zero attached hydrogens (tertiary/aromatic N) is 1. The summed E-state index contributed by atoms with van der Waals surface area (Å²) in [4.78, 5) is 41.7. The zero-order valence-corrected chi connectivity index (χ0v) is 22.4. The van der Waals surface area contributed by atoms with E-state index in [1.807, 2.05) is 5.32 Å². The van der Waals surface area contributed by atoms with Gasteiger partial charge in [-0.15, -0.1) is 0 Å². The Labute approximate surface area is 223 Å². The summed E-state index contributed by atoms with van der Waals surface area (Å²) in [6, 6.07) is 8.66. The van der Waals surface area contributed by atoms with Crippen molar-refractivity contribution in [3.05, 3.63) is 58.8 Å². The number of rotatable bonds is 6. The number of allylic oxidation sites excluding steroid dienone is 1. The van der Waals surface area contributed by atoms with Gasteiger partial charge in [0.2, 0.25) is 11.3 Å². The van der Waals surface area contributed by atoms with E-state index in [1.54, 1.807) is 32.9 Å². The molecule has 208 valence electrons. The fourth-order valence-electron chi connectivity index (χ4n) is 5.17. The van der Waals surface area contributed by atoms with Gasteiger partial charge in [0, 0.05) is 23.4 Å². The van der Waals surface area contributed by atoms with E-state index in [1.165, 1.54) is 45.6 Å². The second-order valence-corrected chi connectivity index (χ2v) is 10.4.